The van der Waals surface area contributed by atoms with Gasteiger partial charge in [0.15, 0.2) is 5.96 Å². The summed E-state index contributed by atoms with van der Waals surface area (Å²) in [6.07, 6.45) is 0.885. The van der Waals surface area contributed by atoms with Crippen LogP contribution in [-0.2, 0) is 4.74 Å². The van der Waals surface area contributed by atoms with Crippen molar-refractivity contribution in [3.05, 3.63) is 29.8 Å². The number of aliphatic imine (C=N–C) groups is 1. The molecule has 0 aliphatic heterocycles. The summed E-state index contributed by atoms with van der Waals surface area (Å²) >= 11 is 0. The molecule has 0 spiro atoms. The van der Waals surface area contributed by atoms with Crippen LogP contribution in [0.2, 0.25) is 0 Å². The average Bonchev–Trinajstić information content (AvgIpc) is 2.52. The Balaban J connectivity index is 2.24. The molecule has 5 heteroatoms. The summed E-state index contributed by atoms with van der Waals surface area (Å²) < 4.78 is 11.1. The Hall–Kier alpha value is -1.75. The maximum absolute atomic E-state index is 5.76. The van der Waals surface area contributed by atoms with Gasteiger partial charge in [-0.2, -0.15) is 0 Å². The van der Waals surface area contributed by atoms with Crippen LogP contribution in [0.5, 0.6) is 5.75 Å². The number of hydrogen-bond acceptors (Lipinski definition) is 3. The lowest BCUT2D eigenvalue weighted by atomic mass is 10.2. The molecule has 0 heterocycles. The lowest BCUT2D eigenvalue weighted by Gasteiger charge is -2.11. The zero-order valence-electron chi connectivity index (χ0n) is 14.0. The summed E-state index contributed by atoms with van der Waals surface area (Å²) in [6.45, 7) is 10.6. The highest BCUT2D eigenvalue weighted by Gasteiger charge is 1.98. The van der Waals surface area contributed by atoms with Gasteiger partial charge < -0.3 is 20.1 Å². The standard InChI is InChI=1S/C17H29N3O2/c1-4-18-17(20-12-14-21-5-2)19-11-8-13-22-16-10-7-6-9-15(16)3/h6-7,9-10H,4-5,8,11-14H2,1-3H3,(H2,18,19,20). The molecule has 2 N–H and O–H groups in total. The van der Waals surface area contributed by atoms with Gasteiger partial charge in [-0.05, 0) is 32.4 Å². The van der Waals surface area contributed by atoms with Crippen molar-refractivity contribution in [3.63, 3.8) is 0 Å². The maximum atomic E-state index is 5.76. The highest BCUT2D eigenvalue weighted by molar-refractivity contribution is 5.79. The molecule has 124 valence electrons. The highest BCUT2D eigenvalue weighted by Crippen LogP contribution is 2.15. The molecule has 1 aromatic carbocycles. The minimum Gasteiger partial charge on any atom is -0.493 e. The molecule has 1 aromatic rings. The number of nitrogens with zero attached hydrogens (tertiary/aromatic N) is 1. The van der Waals surface area contributed by atoms with Crippen molar-refractivity contribution in [1.29, 1.82) is 0 Å². The van der Waals surface area contributed by atoms with E-state index in [1.54, 1.807) is 0 Å². The number of rotatable bonds is 10. The Morgan fingerprint density at radius 2 is 1.95 bits per heavy atom. The van der Waals surface area contributed by atoms with Crippen molar-refractivity contribution in [2.45, 2.75) is 27.2 Å². The molecule has 0 atom stereocenters. The van der Waals surface area contributed by atoms with Gasteiger partial charge in [0.1, 0.15) is 5.75 Å². The fourth-order valence-electron chi connectivity index (χ4n) is 1.88. The predicted octanol–water partition coefficient (Wildman–Crippen LogP) is 2.36. The zero-order chi connectivity index (χ0) is 16.0. The normalized spacial score (nSPS) is 11.3. The Labute approximate surface area is 134 Å². The number of benzene rings is 1. The number of hydrogen-bond donors (Lipinski definition) is 2. The summed E-state index contributed by atoms with van der Waals surface area (Å²) in [5.74, 6) is 1.78. The molecule has 1 rings (SSSR count). The number of nitrogens with one attached hydrogen (secondary N) is 2. The minimum absolute atomic E-state index is 0.673. The quantitative estimate of drug-likeness (QED) is 0.396. The number of aryl methyl sites for hydroxylation is 1. The van der Waals surface area contributed by atoms with Crippen LogP contribution in [0.15, 0.2) is 29.3 Å². The molecule has 0 radical (unpaired) electrons. The molecule has 0 aromatic heterocycles. The van der Waals surface area contributed by atoms with Gasteiger partial charge in [0.25, 0.3) is 0 Å². The molecule has 0 unspecified atom stereocenters. The van der Waals surface area contributed by atoms with Gasteiger partial charge >= 0.3 is 0 Å². The van der Waals surface area contributed by atoms with Crippen molar-refractivity contribution < 1.29 is 9.47 Å². The van der Waals surface area contributed by atoms with E-state index in [4.69, 9.17) is 9.47 Å². The van der Waals surface area contributed by atoms with Crippen molar-refractivity contribution in [2.24, 2.45) is 4.99 Å². The first kappa shape index (κ1) is 18.3. The first-order valence-electron chi connectivity index (χ1n) is 8.06. The Bertz CT molecular complexity index is 436. The van der Waals surface area contributed by atoms with Crippen LogP contribution >= 0.6 is 0 Å². The van der Waals surface area contributed by atoms with Gasteiger partial charge in [-0.15, -0.1) is 0 Å². The van der Waals surface area contributed by atoms with E-state index in [1.165, 1.54) is 0 Å². The summed E-state index contributed by atoms with van der Waals surface area (Å²) in [6, 6.07) is 8.06. The fourth-order valence-corrected chi connectivity index (χ4v) is 1.88. The molecule has 0 saturated heterocycles. The van der Waals surface area contributed by atoms with E-state index in [0.29, 0.717) is 13.2 Å². The molecule has 0 amide bonds. The molecule has 0 aliphatic carbocycles. The second-order valence-corrected chi connectivity index (χ2v) is 4.85. The van der Waals surface area contributed by atoms with E-state index in [1.807, 2.05) is 25.1 Å². The first-order valence-corrected chi connectivity index (χ1v) is 8.06. The average molecular weight is 307 g/mol. The smallest absolute Gasteiger partial charge is 0.191 e. The van der Waals surface area contributed by atoms with Gasteiger partial charge in [0, 0.05) is 32.7 Å². The van der Waals surface area contributed by atoms with Gasteiger partial charge in [0.2, 0.25) is 0 Å². The maximum Gasteiger partial charge on any atom is 0.191 e. The summed E-state index contributed by atoms with van der Waals surface area (Å²) in [4.78, 5) is 4.52. The SMILES string of the molecule is CCNC(=NCCCOc1ccccc1C)NCCOCC. The molecular weight excluding hydrogens is 278 g/mol. The Kier molecular flexibility index (Phi) is 9.87. The van der Waals surface area contributed by atoms with Gasteiger partial charge in [0.05, 0.1) is 13.2 Å². The van der Waals surface area contributed by atoms with E-state index in [2.05, 4.69) is 35.5 Å². The third kappa shape index (κ3) is 7.88. The van der Waals surface area contributed by atoms with Crippen LogP contribution in [0.4, 0.5) is 0 Å². The van der Waals surface area contributed by atoms with Crippen LogP contribution in [0.25, 0.3) is 0 Å². The van der Waals surface area contributed by atoms with E-state index < -0.39 is 0 Å². The molecular formula is C17H29N3O2. The van der Waals surface area contributed by atoms with Crippen LogP contribution in [0, 0.1) is 6.92 Å². The Morgan fingerprint density at radius 1 is 1.14 bits per heavy atom. The lowest BCUT2D eigenvalue weighted by Crippen LogP contribution is -2.39. The van der Waals surface area contributed by atoms with Crippen molar-refractivity contribution in [2.75, 3.05) is 39.5 Å². The first-order chi connectivity index (χ1) is 10.8. The van der Waals surface area contributed by atoms with E-state index in [0.717, 1.165) is 49.9 Å². The monoisotopic (exact) mass is 307 g/mol. The van der Waals surface area contributed by atoms with Crippen LogP contribution in [0.1, 0.15) is 25.8 Å². The number of para-hydroxylation sites is 1. The molecule has 22 heavy (non-hydrogen) atoms. The molecule has 0 saturated carbocycles. The lowest BCUT2D eigenvalue weighted by molar-refractivity contribution is 0.152. The van der Waals surface area contributed by atoms with Crippen molar-refractivity contribution in [1.82, 2.24) is 10.6 Å². The number of guanidine groups is 1. The molecule has 0 fully saturated rings. The molecule has 0 aliphatic rings. The third-order valence-corrected chi connectivity index (χ3v) is 3.01. The van der Waals surface area contributed by atoms with Crippen LogP contribution in [-0.4, -0.2) is 45.4 Å². The highest BCUT2D eigenvalue weighted by atomic mass is 16.5. The van der Waals surface area contributed by atoms with Crippen LogP contribution in [0.3, 0.4) is 0 Å². The molecule has 5 nitrogen and oxygen atoms in total. The van der Waals surface area contributed by atoms with Crippen LogP contribution < -0.4 is 15.4 Å². The predicted molar refractivity (Wildman–Crippen MR) is 91.8 cm³/mol. The number of ether oxygens (including phenoxy) is 2. The Morgan fingerprint density at radius 3 is 2.68 bits per heavy atom. The van der Waals surface area contributed by atoms with Gasteiger partial charge in [-0.1, -0.05) is 18.2 Å². The second-order valence-electron chi connectivity index (χ2n) is 4.85. The van der Waals surface area contributed by atoms with Gasteiger partial charge in [-0.3, -0.25) is 4.99 Å². The topological polar surface area (TPSA) is 54.9 Å². The van der Waals surface area contributed by atoms with E-state index >= 15 is 0 Å². The van der Waals surface area contributed by atoms with E-state index in [-0.39, 0.29) is 0 Å². The third-order valence-electron chi connectivity index (χ3n) is 3.01. The second kappa shape index (κ2) is 11.9. The van der Waals surface area contributed by atoms with Crippen molar-refractivity contribution >= 4 is 5.96 Å². The summed E-state index contributed by atoms with van der Waals surface area (Å²) in [5.41, 5.74) is 1.16. The van der Waals surface area contributed by atoms with Crippen molar-refractivity contribution in [3.8, 4) is 5.75 Å². The fraction of sp³-hybridized carbons (Fsp3) is 0.588. The summed E-state index contributed by atoms with van der Waals surface area (Å²) in [5, 5.41) is 6.47. The molecule has 0 bridgehead atoms. The minimum atomic E-state index is 0.673. The van der Waals surface area contributed by atoms with Gasteiger partial charge in [-0.25, -0.2) is 0 Å². The largest absolute Gasteiger partial charge is 0.493 e. The zero-order valence-corrected chi connectivity index (χ0v) is 14.0. The summed E-state index contributed by atoms with van der Waals surface area (Å²) in [7, 11) is 0. The van der Waals surface area contributed by atoms with E-state index in [9.17, 15) is 0 Å².